The van der Waals surface area contributed by atoms with Crippen molar-refractivity contribution in [2.24, 2.45) is 13.0 Å². The van der Waals surface area contributed by atoms with Crippen LogP contribution < -0.4 is 5.32 Å². The lowest BCUT2D eigenvalue weighted by molar-refractivity contribution is 0.0339. The molecule has 0 amide bonds. The van der Waals surface area contributed by atoms with Crippen molar-refractivity contribution >= 4 is 5.82 Å². The minimum absolute atomic E-state index is 0.0124. The number of nitrogens with one attached hydrogen (secondary N) is 1. The van der Waals surface area contributed by atoms with Crippen LogP contribution in [0.2, 0.25) is 0 Å². The van der Waals surface area contributed by atoms with Crippen molar-refractivity contribution in [2.45, 2.75) is 50.7 Å². The molecule has 1 saturated carbocycles. The number of hydrogen-bond acceptors (Lipinski definition) is 5. The Morgan fingerprint density at radius 2 is 2.16 bits per heavy atom. The zero-order chi connectivity index (χ0) is 17.4. The molecule has 2 aliphatic carbocycles. The van der Waals surface area contributed by atoms with Gasteiger partial charge in [-0.1, -0.05) is 0 Å². The minimum Gasteiger partial charge on any atom is -0.393 e. The Hall–Kier alpha value is -2.39. The highest BCUT2D eigenvalue weighted by Gasteiger charge is 2.36. The molecular formula is C19H23N5O. The average Bonchev–Trinajstić information content (AvgIpc) is 3.02. The molecule has 1 atom stereocenters. The number of hydrogen-bond donors (Lipinski definition) is 2. The van der Waals surface area contributed by atoms with Crippen LogP contribution in [0.3, 0.4) is 0 Å². The lowest BCUT2D eigenvalue weighted by Gasteiger charge is -2.38. The zero-order valence-corrected chi connectivity index (χ0v) is 14.4. The lowest BCUT2D eigenvalue weighted by Crippen LogP contribution is -2.36. The van der Waals surface area contributed by atoms with Gasteiger partial charge in [0.2, 0.25) is 0 Å². The first-order valence-corrected chi connectivity index (χ1v) is 9.00. The van der Waals surface area contributed by atoms with Crippen molar-refractivity contribution in [3.8, 4) is 6.07 Å². The normalized spacial score (nSPS) is 23.2. The molecule has 25 heavy (non-hydrogen) atoms. The quantitative estimate of drug-likeness (QED) is 0.895. The largest absolute Gasteiger partial charge is 0.393 e. The second-order valence-corrected chi connectivity index (χ2v) is 7.26. The van der Waals surface area contributed by atoms with Crippen molar-refractivity contribution in [3.05, 3.63) is 40.8 Å². The molecule has 4 rings (SSSR count). The summed E-state index contributed by atoms with van der Waals surface area (Å²) in [6.07, 6.45) is 9.47. The molecule has 1 fully saturated rings. The number of fused-ring (bicyclic) bond motifs is 1. The number of nitrogens with zero attached hydrogens (tertiary/aromatic N) is 4. The monoisotopic (exact) mass is 337 g/mol. The van der Waals surface area contributed by atoms with Gasteiger partial charge in [0.05, 0.1) is 23.9 Å². The second kappa shape index (κ2) is 6.49. The van der Waals surface area contributed by atoms with Crippen LogP contribution in [0.15, 0.2) is 18.5 Å². The van der Waals surface area contributed by atoms with Crippen LogP contribution in [-0.4, -0.2) is 26.0 Å². The number of aliphatic hydroxyl groups excluding tert-OH is 1. The molecule has 0 bridgehead atoms. The van der Waals surface area contributed by atoms with E-state index in [-0.39, 0.29) is 12.1 Å². The standard InChI is InChI=1S/C19H23N5O/c1-24-11-15(10-21-24)18(13-7-16(25)8-13)23-19-14(9-20)6-12-4-2-3-5-17(12)22-19/h6,10-11,13,16,18,25H,2-5,7-8H2,1H3,(H,22,23). The predicted octanol–water partition coefficient (Wildman–Crippen LogP) is 2.49. The van der Waals surface area contributed by atoms with E-state index in [0.717, 1.165) is 43.4 Å². The third-order valence-electron chi connectivity index (χ3n) is 5.42. The van der Waals surface area contributed by atoms with Gasteiger partial charge < -0.3 is 10.4 Å². The topological polar surface area (TPSA) is 86.8 Å². The number of aryl methyl sites for hydroxylation is 3. The summed E-state index contributed by atoms with van der Waals surface area (Å²) < 4.78 is 1.78. The maximum atomic E-state index is 9.73. The van der Waals surface area contributed by atoms with Gasteiger partial charge in [0.15, 0.2) is 0 Å². The Morgan fingerprint density at radius 1 is 1.36 bits per heavy atom. The molecule has 0 spiro atoms. The smallest absolute Gasteiger partial charge is 0.144 e. The maximum Gasteiger partial charge on any atom is 0.144 e. The number of aromatic nitrogens is 3. The summed E-state index contributed by atoms with van der Waals surface area (Å²) in [5.74, 6) is 0.988. The molecule has 2 aromatic heterocycles. The molecule has 2 aliphatic rings. The number of rotatable bonds is 4. The molecule has 6 heteroatoms. The molecule has 0 saturated heterocycles. The van der Waals surface area contributed by atoms with Crippen molar-refractivity contribution < 1.29 is 5.11 Å². The van der Waals surface area contributed by atoms with E-state index in [1.54, 1.807) is 4.68 Å². The first-order chi connectivity index (χ1) is 12.1. The highest BCUT2D eigenvalue weighted by atomic mass is 16.3. The highest BCUT2D eigenvalue weighted by molar-refractivity contribution is 5.56. The van der Waals surface area contributed by atoms with Crippen LogP contribution in [0.5, 0.6) is 0 Å². The van der Waals surface area contributed by atoms with Crippen molar-refractivity contribution in [3.63, 3.8) is 0 Å². The van der Waals surface area contributed by atoms with Gasteiger partial charge in [-0.15, -0.1) is 0 Å². The predicted molar refractivity (Wildman–Crippen MR) is 93.9 cm³/mol. The number of anilines is 1. The highest BCUT2D eigenvalue weighted by Crippen LogP contribution is 2.40. The van der Waals surface area contributed by atoms with Gasteiger partial charge in [-0.05, 0) is 56.1 Å². The van der Waals surface area contributed by atoms with Crippen molar-refractivity contribution in [1.29, 1.82) is 5.26 Å². The fourth-order valence-electron chi connectivity index (χ4n) is 3.95. The first kappa shape index (κ1) is 16.1. The number of nitriles is 1. The minimum atomic E-state index is -0.224. The molecule has 0 radical (unpaired) electrons. The number of aliphatic hydroxyl groups is 1. The van der Waals surface area contributed by atoms with E-state index in [1.807, 2.05) is 25.5 Å². The van der Waals surface area contributed by atoms with Gasteiger partial charge in [-0.25, -0.2) is 4.98 Å². The summed E-state index contributed by atoms with van der Waals surface area (Å²) in [7, 11) is 1.90. The molecule has 2 N–H and O–H groups in total. The van der Waals surface area contributed by atoms with Crippen LogP contribution in [0.4, 0.5) is 5.82 Å². The van der Waals surface area contributed by atoms with Gasteiger partial charge in [0.25, 0.3) is 0 Å². The van der Waals surface area contributed by atoms with Gasteiger partial charge >= 0.3 is 0 Å². The summed E-state index contributed by atoms with van der Waals surface area (Å²) in [4.78, 5) is 4.79. The molecule has 0 aromatic carbocycles. The van der Waals surface area contributed by atoms with Gasteiger partial charge in [-0.2, -0.15) is 10.4 Å². The fourth-order valence-corrected chi connectivity index (χ4v) is 3.95. The summed E-state index contributed by atoms with van der Waals surface area (Å²) in [6.45, 7) is 0. The first-order valence-electron chi connectivity index (χ1n) is 9.00. The Balaban J connectivity index is 1.66. The van der Waals surface area contributed by atoms with E-state index in [9.17, 15) is 10.4 Å². The van der Waals surface area contributed by atoms with Gasteiger partial charge in [0.1, 0.15) is 11.9 Å². The van der Waals surface area contributed by atoms with Gasteiger partial charge in [0, 0.05) is 24.5 Å². The lowest BCUT2D eigenvalue weighted by atomic mass is 9.75. The maximum absolute atomic E-state index is 9.73. The SMILES string of the molecule is Cn1cc(C(Nc2nc3c(cc2C#N)CCCC3)C2CC(O)C2)cn1. The van der Waals surface area contributed by atoms with E-state index < -0.39 is 0 Å². The zero-order valence-electron chi connectivity index (χ0n) is 14.4. The van der Waals surface area contributed by atoms with Crippen LogP contribution >= 0.6 is 0 Å². The van der Waals surface area contributed by atoms with Crippen molar-refractivity contribution in [2.75, 3.05) is 5.32 Å². The molecule has 2 heterocycles. The third kappa shape index (κ3) is 3.12. The summed E-state index contributed by atoms with van der Waals surface area (Å²) >= 11 is 0. The third-order valence-corrected chi connectivity index (χ3v) is 5.42. The molecule has 0 aliphatic heterocycles. The van der Waals surface area contributed by atoms with Crippen molar-refractivity contribution in [1.82, 2.24) is 14.8 Å². The van der Waals surface area contributed by atoms with Crippen LogP contribution in [0.1, 0.15) is 54.1 Å². The Morgan fingerprint density at radius 3 is 2.84 bits per heavy atom. The van der Waals surface area contributed by atoms with Crippen LogP contribution in [-0.2, 0) is 19.9 Å². The van der Waals surface area contributed by atoms with E-state index in [1.165, 1.54) is 12.0 Å². The molecule has 6 nitrogen and oxygen atoms in total. The Labute approximate surface area is 147 Å². The Bertz CT molecular complexity index is 816. The van der Waals surface area contributed by atoms with E-state index in [0.29, 0.717) is 17.3 Å². The molecule has 1 unspecified atom stereocenters. The van der Waals surface area contributed by atoms with Gasteiger partial charge in [-0.3, -0.25) is 4.68 Å². The Kier molecular flexibility index (Phi) is 4.18. The summed E-state index contributed by atoms with van der Waals surface area (Å²) in [6, 6.07) is 4.31. The molecular weight excluding hydrogens is 314 g/mol. The summed E-state index contributed by atoms with van der Waals surface area (Å²) in [5.41, 5.74) is 4.01. The van der Waals surface area contributed by atoms with Crippen LogP contribution in [0, 0.1) is 17.2 Å². The summed E-state index contributed by atoms with van der Waals surface area (Å²) in [5, 5.41) is 27.1. The average molecular weight is 337 g/mol. The molecule has 130 valence electrons. The van der Waals surface area contributed by atoms with E-state index in [4.69, 9.17) is 4.98 Å². The van der Waals surface area contributed by atoms with Crippen LogP contribution in [0.25, 0.3) is 0 Å². The molecule has 2 aromatic rings. The fraction of sp³-hybridized carbons (Fsp3) is 0.526. The second-order valence-electron chi connectivity index (χ2n) is 7.26. The number of pyridine rings is 1. The van der Waals surface area contributed by atoms with E-state index in [2.05, 4.69) is 16.5 Å². The van der Waals surface area contributed by atoms with E-state index >= 15 is 0 Å².